The van der Waals surface area contributed by atoms with Gasteiger partial charge in [0.25, 0.3) is 0 Å². The minimum Gasteiger partial charge on any atom is -0.359 e. The van der Waals surface area contributed by atoms with Crippen LogP contribution in [0.15, 0.2) is 18.2 Å². The number of carbonyl (C=O) groups excluding carboxylic acids is 2. The van der Waals surface area contributed by atoms with Crippen LogP contribution in [0.25, 0.3) is 0 Å². The summed E-state index contributed by atoms with van der Waals surface area (Å²) in [7, 11) is 1.56. The van der Waals surface area contributed by atoms with Crippen LogP contribution < -0.4 is 10.6 Å². The molecule has 0 saturated heterocycles. The van der Waals surface area contributed by atoms with Gasteiger partial charge in [0.15, 0.2) is 0 Å². The number of hydrogen-bond acceptors (Lipinski definition) is 2. The van der Waals surface area contributed by atoms with Crippen molar-refractivity contribution in [3.63, 3.8) is 0 Å². The largest absolute Gasteiger partial charge is 0.359 e. The van der Waals surface area contributed by atoms with E-state index in [9.17, 15) is 9.59 Å². The number of halogens is 2. The van der Waals surface area contributed by atoms with Crippen LogP contribution in [0.5, 0.6) is 0 Å². The molecule has 1 aromatic carbocycles. The van der Waals surface area contributed by atoms with Gasteiger partial charge in [-0.05, 0) is 31.5 Å². The third kappa shape index (κ3) is 4.12. The first kappa shape index (κ1) is 16.8. The van der Waals surface area contributed by atoms with Gasteiger partial charge < -0.3 is 10.6 Å². The van der Waals surface area contributed by atoms with Crippen LogP contribution in [0.4, 0.5) is 0 Å². The van der Waals surface area contributed by atoms with Gasteiger partial charge in [-0.3, -0.25) is 9.59 Å². The second-order valence-electron chi connectivity index (χ2n) is 4.93. The van der Waals surface area contributed by atoms with E-state index in [-0.39, 0.29) is 18.2 Å². The number of amides is 2. The van der Waals surface area contributed by atoms with Crippen LogP contribution in [-0.4, -0.2) is 25.4 Å². The van der Waals surface area contributed by atoms with Gasteiger partial charge in [-0.25, -0.2) is 0 Å². The van der Waals surface area contributed by atoms with Crippen molar-refractivity contribution < 1.29 is 9.59 Å². The van der Waals surface area contributed by atoms with Gasteiger partial charge in [-0.15, -0.1) is 0 Å². The Morgan fingerprint density at radius 3 is 2.40 bits per heavy atom. The Balaban J connectivity index is 2.74. The summed E-state index contributed by atoms with van der Waals surface area (Å²) >= 11 is 11.8. The highest BCUT2D eigenvalue weighted by molar-refractivity contribution is 6.42. The SMILES string of the molecule is CNC(=O)CCNC(=O)C(C)(C)c1ccc(Cl)c(Cl)c1. The highest BCUT2D eigenvalue weighted by Gasteiger charge is 2.30. The zero-order chi connectivity index (χ0) is 15.3. The first-order chi connectivity index (χ1) is 9.28. The zero-order valence-electron chi connectivity index (χ0n) is 11.7. The molecular weight excluding hydrogens is 299 g/mol. The highest BCUT2D eigenvalue weighted by Crippen LogP contribution is 2.30. The van der Waals surface area contributed by atoms with E-state index >= 15 is 0 Å². The average Bonchev–Trinajstić information content (AvgIpc) is 2.41. The zero-order valence-corrected chi connectivity index (χ0v) is 13.2. The van der Waals surface area contributed by atoms with E-state index < -0.39 is 5.41 Å². The van der Waals surface area contributed by atoms with E-state index in [1.807, 2.05) is 0 Å². The van der Waals surface area contributed by atoms with Crippen LogP contribution in [0.1, 0.15) is 25.8 Å². The summed E-state index contributed by atoms with van der Waals surface area (Å²) < 4.78 is 0. The lowest BCUT2D eigenvalue weighted by Crippen LogP contribution is -2.41. The fraction of sp³-hybridized carbons (Fsp3) is 0.429. The molecule has 0 aromatic heterocycles. The molecule has 2 N–H and O–H groups in total. The summed E-state index contributed by atoms with van der Waals surface area (Å²) in [5.41, 5.74) is 0.0149. The van der Waals surface area contributed by atoms with Crippen molar-refractivity contribution in [2.75, 3.05) is 13.6 Å². The van der Waals surface area contributed by atoms with Gasteiger partial charge in [-0.2, -0.15) is 0 Å². The number of carbonyl (C=O) groups is 2. The Hall–Kier alpha value is -1.26. The summed E-state index contributed by atoms with van der Waals surface area (Å²) in [5.74, 6) is -0.280. The Morgan fingerprint density at radius 1 is 1.20 bits per heavy atom. The van der Waals surface area contributed by atoms with Gasteiger partial charge >= 0.3 is 0 Å². The minimum absolute atomic E-state index is 0.113. The van der Waals surface area contributed by atoms with E-state index in [1.165, 1.54) is 0 Å². The molecule has 110 valence electrons. The van der Waals surface area contributed by atoms with Crippen LogP contribution >= 0.6 is 23.2 Å². The maximum absolute atomic E-state index is 12.2. The fourth-order valence-electron chi connectivity index (χ4n) is 1.65. The molecule has 4 nitrogen and oxygen atoms in total. The van der Waals surface area contributed by atoms with Crippen LogP contribution in [0, 0.1) is 0 Å². The lowest BCUT2D eigenvalue weighted by Gasteiger charge is -2.24. The molecule has 0 atom stereocenters. The van der Waals surface area contributed by atoms with E-state index in [0.717, 1.165) is 5.56 Å². The number of benzene rings is 1. The van der Waals surface area contributed by atoms with Gasteiger partial charge in [0, 0.05) is 20.0 Å². The van der Waals surface area contributed by atoms with E-state index in [4.69, 9.17) is 23.2 Å². The maximum Gasteiger partial charge on any atom is 0.230 e. The summed E-state index contributed by atoms with van der Waals surface area (Å²) in [6.07, 6.45) is 0.250. The van der Waals surface area contributed by atoms with Gasteiger partial charge in [0.05, 0.1) is 15.5 Å². The molecule has 0 saturated carbocycles. The maximum atomic E-state index is 12.2. The number of rotatable bonds is 5. The summed E-state index contributed by atoms with van der Waals surface area (Å²) in [6, 6.07) is 5.12. The first-order valence-electron chi connectivity index (χ1n) is 6.23. The molecule has 0 aliphatic heterocycles. The Labute approximate surface area is 128 Å². The molecule has 1 rings (SSSR count). The lowest BCUT2D eigenvalue weighted by atomic mass is 9.83. The molecular formula is C14H18Cl2N2O2. The smallest absolute Gasteiger partial charge is 0.230 e. The molecule has 0 unspecified atom stereocenters. The molecule has 2 amide bonds. The quantitative estimate of drug-likeness (QED) is 0.877. The predicted octanol–water partition coefficient (Wildman–Crippen LogP) is 2.52. The van der Waals surface area contributed by atoms with E-state index in [1.54, 1.807) is 39.1 Å². The van der Waals surface area contributed by atoms with E-state index in [0.29, 0.717) is 16.6 Å². The summed E-state index contributed by atoms with van der Waals surface area (Å²) in [4.78, 5) is 23.3. The van der Waals surface area contributed by atoms with Gasteiger partial charge in [0.1, 0.15) is 0 Å². The van der Waals surface area contributed by atoms with Crippen molar-refractivity contribution in [2.45, 2.75) is 25.7 Å². The highest BCUT2D eigenvalue weighted by atomic mass is 35.5. The number of hydrogen-bond donors (Lipinski definition) is 2. The standard InChI is InChI=1S/C14H18Cl2N2O2/c1-14(2,9-4-5-10(15)11(16)8-9)13(20)18-7-6-12(19)17-3/h4-5,8H,6-7H2,1-3H3,(H,17,19)(H,18,20). The molecule has 0 fully saturated rings. The van der Waals surface area contributed by atoms with Crippen molar-refractivity contribution in [1.82, 2.24) is 10.6 Å². The predicted molar refractivity (Wildman–Crippen MR) is 81.2 cm³/mol. The van der Waals surface area contributed by atoms with Crippen molar-refractivity contribution >= 4 is 35.0 Å². The second-order valence-corrected chi connectivity index (χ2v) is 5.75. The molecule has 0 heterocycles. The molecule has 0 radical (unpaired) electrons. The molecule has 0 spiro atoms. The van der Waals surface area contributed by atoms with Crippen LogP contribution in [0.3, 0.4) is 0 Å². The number of nitrogens with one attached hydrogen (secondary N) is 2. The molecule has 6 heteroatoms. The van der Waals surface area contributed by atoms with Crippen molar-refractivity contribution in [3.05, 3.63) is 33.8 Å². The minimum atomic E-state index is -0.753. The monoisotopic (exact) mass is 316 g/mol. The van der Waals surface area contributed by atoms with Crippen LogP contribution in [0.2, 0.25) is 10.0 Å². The molecule has 20 heavy (non-hydrogen) atoms. The second kappa shape index (κ2) is 6.95. The summed E-state index contributed by atoms with van der Waals surface area (Å²) in [5, 5.41) is 6.11. The van der Waals surface area contributed by atoms with E-state index in [2.05, 4.69) is 10.6 Å². The molecule has 1 aromatic rings. The normalized spacial score (nSPS) is 11.1. The van der Waals surface area contributed by atoms with Crippen molar-refractivity contribution in [3.8, 4) is 0 Å². The fourth-order valence-corrected chi connectivity index (χ4v) is 1.95. The molecule has 0 aliphatic rings. The Bertz CT molecular complexity index is 516. The Morgan fingerprint density at radius 2 is 1.85 bits per heavy atom. The lowest BCUT2D eigenvalue weighted by molar-refractivity contribution is -0.125. The average molecular weight is 317 g/mol. The van der Waals surface area contributed by atoms with Gasteiger partial charge in [-0.1, -0.05) is 29.3 Å². The summed E-state index contributed by atoms with van der Waals surface area (Å²) in [6.45, 7) is 3.88. The third-order valence-corrected chi connectivity index (χ3v) is 3.86. The van der Waals surface area contributed by atoms with Gasteiger partial charge in [0.2, 0.25) is 11.8 Å². The molecule has 0 aliphatic carbocycles. The molecule has 0 bridgehead atoms. The van der Waals surface area contributed by atoms with Crippen LogP contribution in [-0.2, 0) is 15.0 Å². The Kier molecular flexibility index (Phi) is 5.84. The van der Waals surface area contributed by atoms with Crippen molar-refractivity contribution in [1.29, 1.82) is 0 Å². The third-order valence-electron chi connectivity index (χ3n) is 3.13. The first-order valence-corrected chi connectivity index (χ1v) is 6.99. The van der Waals surface area contributed by atoms with Crippen molar-refractivity contribution in [2.24, 2.45) is 0 Å². The topological polar surface area (TPSA) is 58.2 Å².